The first-order valence-corrected chi connectivity index (χ1v) is 7.74. The van der Waals surface area contributed by atoms with E-state index in [9.17, 15) is 9.59 Å². The van der Waals surface area contributed by atoms with E-state index in [1.807, 2.05) is 38.1 Å². The summed E-state index contributed by atoms with van der Waals surface area (Å²) in [4.78, 5) is 34.0. The Morgan fingerprint density at radius 2 is 1.88 bits per heavy atom. The van der Waals surface area contributed by atoms with Crippen molar-refractivity contribution in [3.05, 3.63) is 53.6 Å². The van der Waals surface area contributed by atoms with E-state index in [2.05, 4.69) is 20.4 Å². The van der Waals surface area contributed by atoms with Gasteiger partial charge < -0.3 is 10.2 Å². The molecule has 8 nitrogen and oxygen atoms in total. The molecule has 0 saturated heterocycles. The number of amides is 2. The summed E-state index contributed by atoms with van der Waals surface area (Å²) < 4.78 is 1.49. The first-order chi connectivity index (χ1) is 11.9. The minimum absolute atomic E-state index is 0.00689. The van der Waals surface area contributed by atoms with Gasteiger partial charge in [-0.05, 0) is 32.0 Å². The lowest BCUT2D eigenvalue weighted by Crippen LogP contribution is -2.35. The number of rotatable bonds is 4. The highest BCUT2D eigenvalue weighted by Gasteiger charge is 2.20. The summed E-state index contributed by atoms with van der Waals surface area (Å²) in [6, 6.07) is 9.20. The van der Waals surface area contributed by atoms with Gasteiger partial charge in [-0.3, -0.25) is 9.59 Å². The second-order valence-electron chi connectivity index (χ2n) is 5.81. The molecule has 0 aliphatic heterocycles. The molecule has 0 spiro atoms. The predicted octanol–water partition coefficient (Wildman–Crippen LogP) is 1.45. The quantitative estimate of drug-likeness (QED) is 0.777. The van der Waals surface area contributed by atoms with Crippen LogP contribution in [0.1, 0.15) is 21.9 Å². The molecule has 2 aromatic heterocycles. The second kappa shape index (κ2) is 6.68. The first kappa shape index (κ1) is 16.6. The van der Waals surface area contributed by atoms with Crippen molar-refractivity contribution in [3.8, 4) is 0 Å². The van der Waals surface area contributed by atoms with Crippen LogP contribution < -0.4 is 5.32 Å². The lowest BCUT2D eigenvalue weighted by Gasteiger charge is -2.15. The highest BCUT2D eigenvalue weighted by atomic mass is 16.2. The van der Waals surface area contributed by atoms with Crippen LogP contribution in [0.15, 0.2) is 36.5 Å². The molecule has 25 heavy (non-hydrogen) atoms. The van der Waals surface area contributed by atoms with Crippen LogP contribution >= 0.6 is 0 Å². The Morgan fingerprint density at radius 3 is 2.56 bits per heavy atom. The van der Waals surface area contributed by atoms with Crippen LogP contribution in [0, 0.1) is 13.8 Å². The van der Waals surface area contributed by atoms with Crippen molar-refractivity contribution in [2.75, 3.05) is 18.9 Å². The van der Waals surface area contributed by atoms with Crippen LogP contribution in [0.25, 0.3) is 5.78 Å². The van der Waals surface area contributed by atoms with Gasteiger partial charge >= 0.3 is 0 Å². The highest BCUT2D eigenvalue weighted by Crippen LogP contribution is 2.09. The molecule has 2 heterocycles. The molecule has 0 unspecified atom stereocenters. The Kier molecular flexibility index (Phi) is 4.42. The van der Waals surface area contributed by atoms with E-state index in [0.29, 0.717) is 11.5 Å². The number of hydrogen-bond donors (Lipinski definition) is 1. The maximum atomic E-state index is 12.4. The van der Waals surface area contributed by atoms with Crippen LogP contribution in [0.4, 0.5) is 5.69 Å². The molecule has 0 aliphatic rings. The van der Waals surface area contributed by atoms with Crippen LogP contribution in [0.5, 0.6) is 0 Å². The summed E-state index contributed by atoms with van der Waals surface area (Å²) in [6.45, 7) is 3.71. The summed E-state index contributed by atoms with van der Waals surface area (Å²) >= 11 is 0. The summed E-state index contributed by atoms with van der Waals surface area (Å²) in [7, 11) is 1.53. The highest BCUT2D eigenvalue weighted by molar-refractivity contribution is 5.97. The van der Waals surface area contributed by atoms with Gasteiger partial charge in [-0.1, -0.05) is 17.7 Å². The molecule has 1 N–H and O–H groups in total. The number of aromatic nitrogens is 4. The van der Waals surface area contributed by atoms with Crippen LogP contribution in [0.3, 0.4) is 0 Å². The van der Waals surface area contributed by atoms with E-state index < -0.39 is 5.91 Å². The van der Waals surface area contributed by atoms with Crippen molar-refractivity contribution in [1.29, 1.82) is 0 Å². The van der Waals surface area contributed by atoms with Gasteiger partial charge in [-0.25, -0.2) is 9.50 Å². The number of carbonyl (C=O) groups is 2. The molecule has 0 radical (unpaired) electrons. The zero-order valence-electron chi connectivity index (χ0n) is 14.2. The maximum Gasteiger partial charge on any atom is 0.293 e. The Morgan fingerprint density at radius 1 is 1.16 bits per heavy atom. The predicted molar refractivity (Wildman–Crippen MR) is 92.3 cm³/mol. The number of likely N-dealkylation sites (N-methyl/N-ethyl adjacent to an activating group) is 1. The average molecular weight is 338 g/mol. The van der Waals surface area contributed by atoms with Crippen LogP contribution in [-0.2, 0) is 4.79 Å². The van der Waals surface area contributed by atoms with Crippen molar-refractivity contribution >= 4 is 23.3 Å². The minimum atomic E-state index is -0.441. The Labute approximate surface area is 144 Å². The van der Waals surface area contributed by atoms with Crippen molar-refractivity contribution in [3.63, 3.8) is 0 Å². The molecule has 0 atom stereocenters. The third kappa shape index (κ3) is 3.63. The number of hydrogen-bond acceptors (Lipinski definition) is 5. The molecule has 2 amide bonds. The van der Waals surface area contributed by atoms with Crippen LogP contribution in [-0.4, -0.2) is 49.9 Å². The number of carbonyl (C=O) groups excluding carboxylic acids is 2. The van der Waals surface area contributed by atoms with E-state index in [4.69, 9.17) is 0 Å². The molecule has 128 valence electrons. The zero-order chi connectivity index (χ0) is 18.0. The van der Waals surface area contributed by atoms with Gasteiger partial charge in [0.05, 0.1) is 6.54 Å². The number of nitrogens with zero attached hydrogens (tertiary/aromatic N) is 5. The number of anilines is 1. The summed E-state index contributed by atoms with van der Waals surface area (Å²) in [6.07, 6.45) is 1.60. The topological polar surface area (TPSA) is 92.5 Å². The van der Waals surface area contributed by atoms with E-state index >= 15 is 0 Å². The van der Waals surface area contributed by atoms with E-state index in [-0.39, 0.29) is 18.3 Å². The van der Waals surface area contributed by atoms with Crippen molar-refractivity contribution < 1.29 is 9.59 Å². The van der Waals surface area contributed by atoms with E-state index in [1.165, 1.54) is 16.5 Å². The van der Waals surface area contributed by atoms with Crippen molar-refractivity contribution in [2.45, 2.75) is 13.8 Å². The third-order valence-corrected chi connectivity index (χ3v) is 3.68. The lowest BCUT2D eigenvalue weighted by molar-refractivity contribution is -0.116. The second-order valence-corrected chi connectivity index (χ2v) is 5.81. The molecule has 1 aromatic carbocycles. The Balaban J connectivity index is 1.68. The lowest BCUT2D eigenvalue weighted by atomic mass is 10.2. The average Bonchev–Trinajstić information content (AvgIpc) is 3.02. The smallest absolute Gasteiger partial charge is 0.293 e. The van der Waals surface area contributed by atoms with Gasteiger partial charge in [0.2, 0.25) is 11.7 Å². The first-order valence-electron chi connectivity index (χ1n) is 7.74. The standard InChI is InChI=1S/C17H18N6O2/c1-11-4-6-13(7-5-11)19-14(24)10-22(3)16(25)15-20-17-18-9-8-12(2)23(17)21-15/h4-9H,10H2,1-3H3,(H,19,24). The number of benzene rings is 1. The Hall–Kier alpha value is -3.29. The summed E-state index contributed by atoms with van der Waals surface area (Å²) in [5, 5.41) is 6.91. The maximum absolute atomic E-state index is 12.4. The molecule has 0 aliphatic carbocycles. The molecule has 0 fully saturated rings. The fourth-order valence-electron chi connectivity index (χ4n) is 2.29. The van der Waals surface area contributed by atoms with Crippen molar-refractivity contribution in [2.24, 2.45) is 0 Å². The Bertz CT molecular complexity index is 932. The SMILES string of the molecule is Cc1ccc(NC(=O)CN(C)C(=O)c2nc3nccc(C)n3n2)cc1. The largest absolute Gasteiger partial charge is 0.330 e. The normalized spacial score (nSPS) is 10.7. The van der Waals surface area contributed by atoms with Gasteiger partial charge in [0.1, 0.15) is 0 Å². The molecule has 8 heteroatoms. The molecule has 0 saturated carbocycles. The molecular weight excluding hydrogens is 320 g/mol. The van der Waals surface area contributed by atoms with Crippen molar-refractivity contribution in [1.82, 2.24) is 24.5 Å². The fraction of sp³-hybridized carbons (Fsp3) is 0.235. The number of nitrogens with one attached hydrogen (secondary N) is 1. The van der Waals surface area contributed by atoms with Gasteiger partial charge in [0.25, 0.3) is 11.7 Å². The van der Waals surface area contributed by atoms with Gasteiger partial charge in [-0.15, -0.1) is 5.10 Å². The summed E-state index contributed by atoms with van der Waals surface area (Å²) in [5.41, 5.74) is 2.60. The van der Waals surface area contributed by atoms with Gasteiger partial charge in [-0.2, -0.15) is 4.98 Å². The minimum Gasteiger partial charge on any atom is -0.330 e. The zero-order valence-corrected chi connectivity index (χ0v) is 14.2. The third-order valence-electron chi connectivity index (χ3n) is 3.68. The number of aryl methyl sites for hydroxylation is 2. The van der Waals surface area contributed by atoms with Gasteiger partial charge in [0.15, 0.2) is 0 Å². The molecule has 3 rings (SSSR count). The van der Waals surface area contributed by atoms with Gasteiger partial charge in [0, 0.05) is 24.6 Å². The fourth-order valence-corrected chi connectivity index (χ4v) is 2.29. The van der Waals surface area contributed by atoms with E-state index in [1.54, 1.807) is 12.3 Å². The number of fused-ring (bicyclic) bond motifs is 1. The molecular formula is C17H18N6O2. The van der Waals surface area contributed by atoms with E-state index in [0.717, 1.165) is 11.3 Å². The summed E-state index contributed by atoms with van der Waals surface area (Å²) in [5.74, 6) is -0.380. The van der Waals surface area contributed by atoms with Crippen LogP contribution in [0.2, 0.25) is 0 Å². The molecule has 3 aromatic rings. The monoisotopic (exact) mass is 338 g/mol. The molecule has 0 bridgehead atoms.